The van der Waals surface area contributed by atoms with E-state index in [-0.39, 0.29) is 24.8 Å². The van der Waals surface area contributed by atoms with Crippen molar-refractivity contribution in [1.82, 2.24) is 0 Å². The van der Waals surface area contributed by atoms with Crippen molar-refractivity contribution in [3.63, 3.8) is 0 Å². The summed E-state index contributed by atoms with van der Waals surface area (Å²) in [5.41, 5.74) is 11.5. The Bertz CT molecular complexity index is 801. The van der Waals surface area contributed by atoms with Crippen LogP contribution in [0.2, 0.25) is 3.12 Å². The van der Waals surface area contributed by atoms with Crippen LogP contribution in [-0.4, -0.2) is 0 Å². The molecule has 0 radical (unpaired) electrons. The van der Waals surface area contributed by atoms with Crippen LogP contribution in [0.15, 0.2) is 52.1 Å². The van der Waals surface area contributed by atoms with Gasteiger partial charge in [-0.3, -0.25) is 0 Å². The van der Waals surface area contributed by atoms with Gasteiger partial charge in [-0.2, -0.15) is 0 Å². The summed E-state index contributed by atoms with van der Waals surface area (Å²) in [4.78, 5) is 0. The molecule has 0 aliphatic heterocycles. The normalized spacial score (nSPS) is 23.3. The van der Waals surface area contributed by atoms with Gasteiger partial charge in [-0.15, -0.1) is 0 Å². The van der Waals surface area contributed by atoms with Gasteiger partial charge in [-0.1, -0.05) is 0 Å². The predicted octanol–water partition coefficient (Wildman–Crippen LogP) is 1.91. The molecule has 3 rings (SSSR count). The van der Waals surface area contributed by atoms with Crippen LogP contribution < -0.4 is 24.8 Å². The van der Waals surface area contributed by atoms with E-state index < -0.39 is 23.2 Å². The summed E-state index contributed by atoms with van der Waals surface area (Å²) < 4.78 is 1.12. The third kappa shape index (κ3) is 4.63. The van der Waals surface area contributed by atoms with Gasteiger partial charge in [-0.05, 0) is 0 Å². The number of halogens is 2. The van der Waals surface area contributed by atoms with Crippen LogP contribution in [0.1, 0.15) is 82.5 Å². The van der Waals surface area contributed by atoms with E-state index in [0.717, 1.165) is 9.54 Å². The average molecular weight is 497 g/mol. The molecule has 0 saturated carbocycles. The van der Waals surface area contributed by atoms with Crippen molar-refractivity contribution in [2.75, 3.05) is 0 Å². The molecular formula is C25H34Cl2Zr. The first-order valence-electron chi connectivity index (χ1n) is 10.2. The third-order valence-electron chi connectivity index (χ3n) is 6.53. The molecule has 2 aliphatic rings. The van der Waals surface area contributed by atoms with Crippen LogP contribution in [0.4, 0.5) is 0 Å². The Morgan fingerprint density at radius 2 is 1.68 bits per heavy atom. The molecule has 3 heteroatoms. The number of rotatable bonds is 6. The summed E-state index contributed by atoms with van der Waals surface area (Å²) >= 11 is -0.756. The smallest absolute Gasteiger partial charge is 1.00 e. The van der Waals surface area contributed by atoms with E-state index in [0.29, 0.717) is 3.12 Å². The second kappa shape index (κ2) is 10.3. The maximum absolute atomic E-state index is 2.59. The van der Waals surface area contributed by atoms with E-state index in [9.17, 15) is 0 Å². The van der Waals surface area contributed by atoms with Crippen LogP contribution in [-0.2, 0) is 23.2 Å². The van der Waals surface area contributed by atoms with Crippen molar-refractivity contribution in [3.8, 4) is 0 Å². The van der Waals surface area contributed by atoms with Gasteiger partial charge in [0.2, 0.25) is 0 Å². The molecule has 0 aromatic heterocycles. The van der Waals surface area contributed by atoms with Gasteiger partial charge in [0.25, 0.3) is 0 Å². The summed E-state index contributed by atoms with van der Waals surface area (Å²) in [7, 11) is 0. The quantitative estimate of drug-likeness (QED) is 0.565. The summed E-state index contributed by atoms with van der Waals surface area (Å²) in [5, 5.41) is 0. The van der Waals surface area contributed by atoms with E-state index in [1.165, 1.54) is 24.8 Å². The van der Waals surface area contributed by atoms with Gasteiger partial charge >= 0.3 is 173 Å². The molecule has 0 nitrogen and oxygen atoms in total. The fourth-order valence-electron chi connectivity index (χ4n) is 4.86. The number of allylic oxidation sites excluding steroid dienone is 5. The van der Waals surface area contributed by atoms with Crippen LogP contribution >= 0.6 is 0 Å². The minimum absolute atomic E-state index is 0. The van der Waals surface area contributed by atoms with Crippen molar-refractivity contribution >= 4 is 6.08 Å². The average Bonchev–Trinajstić information content (AvgIpc) is 3.00. The van der Waals surface area contributed by atoms with Gasteiger partial charge in [0, 0.05) is 0 Å². The SMILES string of the molecule is CCCC1=C(C)C(C)=C(C)[C]1(C)[Zr+2][CH]1C(CC(C)C)=Cc2ccccc21.[Cl-].[Cl-]. The Kier molecular flexibility index (Phi) is 9.52. The topological polar surface area (TPSA) is 0 Å². The molecule has 2 unspecified atom stereocenters. The number of benzene rings is 1. The minimum atomic E-state index is -0.756. The van der Waals surface area contributed by atoms with Gasteiger partial charge in [0.1, 0.15) is 0 Å². The molecule has 0 heterocycles. The molecule has 2 aliphatic carbocycles. The van der Waals surface area contributed by atoms with Crippen LogP contribution in [0.5, 0.6) is 0 Å². The van der Waals surface area contributed by atoms with E-state index in [1.807, 2.05) is 0 Å². The molecule has 0 amide bonds. The Balaban J connectivity index is 0.00000196. The fraction of sp³-hybridized carbons (Fsp3) is 0.520. The summed E-state index contributed by atoms with van der Waals surface area (Å²) in [6.07, 6.45) is 6.32. The van der Waals surface area contributed by atoms with E-state index in [2.05, 4.69) is 78.8 Å². The predicted molar refractivity (Wildman–Crippen MR) is 111 cm³/mol. The van der Waals surface area contributed by atoms with Gasteiger partial charge < -0.3 is 24.8 Å². The Labute approximate surface area is 196 Å². The number of fused-ring (bicyclic) bond motifs is 1. The van der Waals surface area contributed by atoms with Crippen molar-refractivity contribution in [1.29, 1.82) is 0 Å². The summed E-state index contributed by atoms with van der Waals surface area (Å²) in [6, 6.07) is 9.18. The molecule has 0 fully saturated rings. The zero-order valence-corrected chi connectivity index (χ0v) is 22.4. The zero-order chi connectivity index (χ0) is 19.1. The Hall–Kier alpha value is -0.0969. The Morgan fingerprint density at radius 1 is 1.04 bits per heavy atom. The number of hydrogen-bond donors (Lipinski definition) is 0. The molecule has 0 bridgehead atoms. The van der Waals surface area contributed by atoms with Crippen LogP contribution in [0.3, 0.4) is 0 Å². The van der Waals surface area contributed by atoms with Crippen molar-refractivity contribution in [2.24, 2.45) is 5.92 Å². The van der Waals surface area contributed by atoms with Crippen molar-refractivity contribution in [3.05, 3.63) is 63.3 Å². The largest absolute Gasteiger partial charge is 1.00 e. The van der Waals surface area contributed by atoms with Gasteiger partial charge in [0.15, 0.2) is 0 Å². The summed E-state index contributed by atoms with van der Waals surface area (Å²) in [5.74, 6) is 0.736. The maximum atomic E-state index is 2.59. The first-order valence-corrected chi connectivity index (χ1v) is 12.9. The second-order valence-electron chi connectivity index (χ2n) is 8.75. The standard InChI is InChI=1S/C13H15.C12H19.2ClH.Zr/c1-10(2)7-11-8-12-5-3-4-6-13(12)9-11;1-6-7-12-10(4)8(2)9(3)11(12)5;;;/h3-6,8-10H,7H2,1-2H3;6-7H2,1-5H3;2*1H;/q;;;;+2/p-2. The first-order chi connectivity index (χ1) is 12.3. The molecular weight excluding hydrogens is 462 g/mol. The fourth-order valence-corrected chi connectivity index (χ4v) is 10.4. The molecule has 152 valence electrons. The molecule has 2 atom stereocenters. The zero-order valence-electron chi connectivity index (χ0n) is 18.4. The van der Waals surface area contributed by atoms with Crippen LogP contribution in [0.25, 0.3) is 6.08 Å². The molecule has 0 spiro atoms. The number of hydrogen-bond acceptors (Lipinski definition) is 0. The van der Waals surface area contributed by atoms with Crippen LogP contribution in [0, 0.1) is 5.92 Å². The van der Waals surface area contributed by atoms with E-state index in [4.69, 9.17) is 0 Å². The maximum Gasteiger partial charge on any atom is -1.00 e. The molecule has 0 saturated heterocycles. The monoisotopic (exact) mass is 494 g/mol. The summed E-state index contributed by atoms with van der Waals surface area (Å²) in [6.45, 7) is 16.8. The first kappa shape index (κ1) is 25.9. The second-order valence-corrected chi connectivity index (χ2v) is 13.3. The molecule has 0 N–H and O–H groups in total. The Morgan fingerprint density at radius 3 is 2.29 bits per heavy atom. The molecule has 28 heavy (non-hydrogen) atoms. The minimum Gasteiger partial charge on any atom is -1.00 e. The van der Waals surface area contributed by atoms with E-state index in [1.54, 1.807) is 33.4 Å². The van der Waals surface area contributed by atoms with Crippen molar-refractivity contribution < 1.29 is 48.0 Å². The van der Waals surface area contributed by atoms with Gasteiger partial charge in [-0.25, -0.2) is 0 Å². The van der Waals surface area contributed by atoms with E-state index >= 15 is 0 Å². The molecule has 1 aromatic carbocycles. The van der Waals surface area contributed by atoms with Crippen molar-refractivity contribution in [2.45, 2.75) is 74.5 Å². The van der Waals surface area contributed by atoms with Gasteiger partial charge in [0.05, 0.1) is 0 Å². The molecule has 1 aromatic rings. The third-order valence-corrected chi connectivity index (χ3v) is 12.0.